The smallest absolute Gasteiger partial charge is 0.0782 e. The van der Waals surface area contributed by atoms with Crippen molar-refractivity contribution in [2.45, 2.75) is 5.41 Å². The molecule has 2 aromatic heterocycles. The van der Waals surface area contributed by atoms with E-state index in [9.17, 15) is 0 Å². The quantitative estimate of drug-likeness (QED) is 0.156. The average Bonchev–Trinajstić information content (AvgIpc) is 4.05. The number of nitrogens with zero attached hydrogens (tertiary/aromatic N) is 3. The van der Waals surface area contributed by atoms with Gasteiger partial charge in [-0.3, -0.25) is 0 Å². The summed E-state index contributed by atoms with van der Waals surface area (Å²) in [7, 11) is 0. The minimum Gasteiger partial charge on any atom is -0.309 e. The lowest BCUT2D eigenvalue weighted by molar-refractivity contribution is 0.768. The van der Waals surface area contributed by atoms with Gasteiger partial charge in [-0.25, -0.2) is 0 Å². The first-order valence-corrected chi connectivity index (χ1v) is 23.5. The molecule has 0 spiro atoms. The highest BCUT2D eigenvalue weighted by molar-refractivity contribution is 6.19. The van der Waals surface area contributed by atoms with Crippen LogP contribution in [0.1, 0.15) is 22.3 Å². The molecule has 0 radical (unpaired) electrons. The molecule has 2 heterocycles. The van der Waals surface area contributed by atoms with Gasteiger partial charge < -0.3 is 14.0 Å². The first kappa shape index (κ1) is 38.4. The Morgan fingerprint density at radius 3 is 1.59 bits per heavy atom. The molecule has 68 heavy (non-hydrogen) atoms. The molecule has 11 aromatic carbocycles. The largest absolute Gasteiger partial charge is 0.309 e. The highest BCUT2D eigenvalue weighted by atomic mass is 15.2. The molecular weight excluding hydrogens is 823 g/mol. The number of para-hydroxylation sites is 4. The van der Waals surface area contributed by atoms with Crippen molar-refractivity contribution in [1.29, 1.82) is 0 Å². The molecule has 0 amide bonds. The molecule has 0 N–H and O–H groups in total. The van der Waals surface area contributed by atoms with Crippen LogP contribution in [0.3, 0.4) is 0 Å². The van der Waals surface area contributed by atoms with Crippen molar-refractivity contribution in [3.8, 4) is 22.5 Å². The number of aromatic nitrogens is 2. The first-order chi connectivity index (χ1) is 33.8. The normalized spacial score (nSPS) is 12.8. The first-order valence-electron chi connectivity index (χ1n) is 23.5. The molecule has 13 aromatic rings. The summed E-state index contributed by atoms with van der Waals surface area (Å²) < 4.78 is 4.96. The minimum atomic E-state index is -0.481. The van der Waals surface area contributed by atoms with Crippen molar-refractivity contribution < 1.29 is 0 Å². The molecule has 3 nitrogen and oxygen atoms in total. The Bertz CT molecular complexity index is 4020. The number of benzene rings is 11. The number of anilines is 3. The summed E-state index contributed by atoms with van der Waals surface area (Å²) in [6, 6.07) is 96.1. The average molecular weight is 866 g/mol. The molecule has 14 rings (SSSR count). The van der Waals surface area contributed by atoms with Crippen LogP contribution in [0.15, 0.2) is 261 Å². The Balaban J connectivity index is 1.01. The van der Waals surface area contributed by atoms with E-state index in [1.54, 1.807) is 0 Å². The SMILES string of the molecule is c1ccc(N(c2ccc(C3(c4ccccc4)c4ccccc4-c4ccccc43)cc2)c2cccc3c4ccc(-n5c6ccccc6c6ccc7ccccc7c65)cc4n(-c4ccccc4)c23)cc1. The summed E-state index contributed by atoms with van der Waals surface area (Å²) in [5.74, 6) is 0. The van der Waals surface area contributed by atoms with Crippen LogP contribution in [-0.2, 0) is 5.41 Å². The standard InChI is InChI=1S/C65H43N3/c1-4-20-45(21-5-1)65(58-31-15-12-27-52(58)53-28-13-16-32-59(53)65)46-36-38-49(39-37-46)66(47-22-6-2-7-23-47)61-34-18-30-56-55-42-40-50(43-62(55)67(64(56)61)48-24-8-3-9-25-48)68-60-33-17-14-29-54(60)57-41-35-44-19-10-11-26-51(44)63(57)68/h1-43H. The summed E-state index contributed by atoms with van der Waals surface area (Å²) in [6.07, 6.45) is 0. The number of hydrogen-bond donors (Lipinski definition) is 0. The van der Waals surface area contributed by atoms with E-state index >= 15 is 0 Å². The van der Waals surface area contributed by atoms with Crippen LogP contribution in [0.5, 0.6) is 0 Å². The fraction of sp³-hybridized carbons (Fsp3) is 0.0154. The van der Waals surface area contributed by atoms with Crippen LogP contribution >= 0.6 is 0 Å². The third-order valence-electron chi connectivity index (χ3n) is 14.6. The van der Waals surface area contributed by atoms with Gasteiger partial charge in [0.1, 0.15) is 0 Å². The summed E-state index contributed by atoms with van der Waals surface area (Å²) in [6.45, 7) is 0. The van der Waals surface area contributed by atoms with Gasteiger partial charge in [-0.1, -0.05) is 200 Å². The topological polar surface area (TPSA) is 13.1 Å². The molecule has 0 aliphatic heterocycles. The highest BCUT2D eigenvalue weighted by Crippen LogP contribution is 2.56. The van der Waals surface area contributed by atoms with Crippen molar-refractivity contribution >= 4 is 71.4 Å². The van der Waals surface area contributed by atoms with Crippen molar-refractivity contribution in [2.24, 2.45) is 0 Å². The molecular formula is C65H43N3. The predicted molar refractivity (Wildman–Crippen MR) is 285 cm³/mol. The fourth-order valence-corrected chi connectivity index (χ4v) is 11.8. The van der Waals surface area contributed by atoms with Crippen molar-refractivity contribution in [3.05, 3.63) is 283 Å². The Hall–Kier alpha value is -8.92. The van der Waals surface area contributed by atoms with E-state index in [0.717, 1.165) is 39.5 Å². The number of rotatable bonds is 7. The molecule has 1 aliphatic carbocycles. The fourth-order valence-electron chi connectivity index (χ4n) is 11.8. The van der Waals surface area contributed by atoms with Crippen LogP contribution < -0.4 is 4.90 Å². The third-order valence-corrected chi connectivity index (χ3v) is 14.6. The molecule has 0 fully saturated rings. The van der Waals surface area contributed by atoms with Crippen molar-refractivity contribution in [1.82, 2.24) is 9.13 Å². The van der Waals surface area contributed by atoms with Crippen LogP contribution in [0.2, 0.25) is 0 Å². The summed E-state index contributed by atoms with van der Waals surface area (Å²) in [5.41, 5.74) is 17.4. The Kier molecular flexibility index (Phi) is 8.50. The van der Waals surface area contributed by atoms with Gasteiger partial charge in [0, 0.05) is 49.7 Å². The highest BCUT2D eigenvalue weighted by Gasteiger charge is 2.45. The molecule has 318 valence electrons. The van der Waals surface area contributed by atoms with E-state index < -0.39 is 5.41 Å². The van der Waals surface area contributed by atoms with Crippen LogP contribution in [-0.4, -0.2) is 9.13 Å². The van der Waals surface area contributed by atoms with Gasteiger partial charge in [-0.15, -0.1) is 0 Å². The van der Waals surface area contributed by atoms with Crippen LogP contribution in [0.4, 0.5) is 17.1 Å². The molecule has 0 saturated heterocycles. The summed E-state index contributed by atoms with van der Waals surface area (Å²) in [4.78, 5) is 2.44. The zero-order chi connectivity index (χ0) is 44.8. The van der Waals surface area contributed by atoms with Gasteiger partial charge in [0.25, 0.3) is 0 Å². The van der Waals surface area contributed by atoms with E-state index in [2.05, 4.69) is 275 Å². The Labute approximate surface area is 394 Å². The van der Waals surface area contributed by atoms with Gasteiger partial charge in [-0.05, 0) is 99.4 Å². The zero-order valence-corrected chi connectivity index (χ0v) is 37.2. The van der Waals surface area contributed by atoms with E-state index in [1.807, 2.05) is 0 Å². The van der Waals surface area contributed by atoms with E-state index in [0.29, 0.717) is 0 Å². The van der Waals surface area contributed by atoms with Crippen LogP contribution in [0.25, 0.3) is 76.9 Å². The molecule has 3 heteroatoms. The van der Waals surface area contributed by atoms with Crippen molar-refractivity contribution in [3.63, 3.8) is 0 Å². The van der Waals surface area contributed by atoms with Gasteiger partial charge in [-0.2, -0.15) is 0 Å². The monoisotopic (exact) mass is 865 g/mol. The maximum absolute atomic E-state index is 2.48. The maximum atomic E-state index is 2.48. The molecule has 0 unspecified atom stereocenters. The molecule has 0 atom stereocenters. The second-order valence-electron chi connectivity index (χ2n) is 18.0. The van der Waals surface area contributed by atoms with Gasteiger partial charge in [0.2, 0.25) is 0 Å². The van der Waals surface area contributed by atoms with Crippen molar-refractivity contribution in [2.75, 3.05) is 4.90 Å². The zero-order valence-electron chi connectivity index (χ0n) is 37.2. The van der Waals surface area contributed by atoms with Crippen LogP contribution in [0, 0.1) is 0 Å². The lowest BCUT2D eigenvalue weighted by Gasteiger charge is -2.34. The Morgan fingerprint density at radius 2 is 0.838 bits per heavy atom. The van der Waals surface area contributed by atoms with E-state index in [-0.39, 0.29) is 0 Å². The molecule has 0 bridgehead atoms. The lowest BCUT2D eigenvalue weighted by Crippen LogP contribution is -2.28. The third kappa shape index (κ3) is 5.47. The second-order valence-corrected chi connectivity index (χ2v) is 18.0. The minimum absolute atomic E-state index is 0.481. The number of fused-ring (bicyclic) bond motifs is 11. The Morgan fingerprint density at radius 1 is 0.309 bits per heavy atom. The summed E-state index contributed by atoms with van der Waals surface area (Å²) >= 11 is 0. The van der Waals surface area contributed by atoms with E-state index in [1.165, 1.54) is 76.7 Å². The second kappa shape index (κ2) is 15.1. The number of hydrogen-bond acceptors (Lipinski definition) is 1. The van der Waals surface area contributed by atoms with E-state index in [4.69, 9.17) is 0 Å². The lowest BCUT2D eigenvalue weighted by atomic mass is 9.68. The van der Waals surface area contributed by atoms with Gasteiger partial charge in [0.15, 0.2) is 0 Å². The molecule has 1 aliphatic rings. The predicted octanol–water partition coefficient (Wildman–Crippen LogP) is 16.9. The van der Waals surface area contributed by atoms with Gasteiger partial charge >= 0.3 is 0 Å². The van der Waals surface area contributed by atoms with Gasteiger partial charge in [0.05, 0.1) is 33.2 Å². The molecule has 0 saturated carbocycles. The summed E-state index contributed by atoms with van der Waals surface area (Å²) in [5, 5.41) is 7.38. The maximum Gasteiger partial charge on any atom is 0.0782 e.